The third kappa shape index (κ3) is 3.33. The van der Waals surface area contributed by atoms with Gasteiger partial charge in [-0.2, -0.15) is 0 Å². The standard InChI is InChI=1S/C15H13BrClF/c1-10-7-12(5-6-15(10)18)14(16)9-11-3-2-4-13(17)8-11/h2-8,14H,9H2,1H3. The van der Waals surface area contributed by atoms with E-state index in [2.05, 4.69) is 15.9 Å². The van der Waals surface area contributed by atoms with E-state index in [9.17, 15) is 4.39 Å². The van der Waals surface area contributed by atoms with Crippen molar-refractivity contribution in [2.45, 2.75) is 18.2 Å². The molecule has 18 heavy (non-hydrogen) atoms. The summed E-state index contributed by atoms with van der Waals surface area (Å²) in [5, 5.41) is 0.738. The first-order valence-corrected chi connectivity index (χ1v) is 7.00. The molecule has 0 saturated heterocycles. The molecular formula is C15H13BrClF. The van der Waals surface area contributed by atoms with Crippen LogP contribution in [0.15, 0.2) is 42.5 Å². The SMILES string of the molecule is Cc1cc(C(Br)Cc2cccc(Cl)c2)ccc1F. The molecule has 0 aromatic heterocycles. The van der Waals surface area contributed by atoms with E-state index in [1.54, 1.807) is 6.92 Å². The summed E-state index contributed by atoms with van der Waals surface area (Å²) in [6.07, 6.45) is 0.825. The summed E-state index contributed by atoms with van der Waals surface area (Å²) >= 11 is 9.60. The highest BCUT2D eigenvalue weighted by atomic mass is 79.9. The Labute approximate surface area is 120 Å². The monoisotopic (exact) mass is 326 g/mol. The van der Waals surface area contributed by atoms with Crippen LogP contribution in [0.4, 0.5) is 4.39 Å². The van der Waals surface area contributed by atoms with Crippen LogP contribution < -0.4 is 0 Å². The van der Waals surface area contributed by atoms with Crippen LogP contribution in [0, 0.1) is 12.7 Å². The minimum atomic E-state index is -0.166. The molecule has 0 aliphatic carbocycles. The van der Waals surface area contributed by atoms with Crippen LogP contribution in [0.3, 0.4) is 0 Å². The van der Waals surface area contributed by atoms with Crippen molar-refractivity contribution in [1.82, 2.24) is 0 Å². The van der Waals surface area contributed by atoms with E-state index in [0.29, 0.717) is 5.56 Å². The lowest BCUT2D eigenvalue weighted by molar-refractivity contribution is 0.617. The van der Waals surface area contributed by atoms with Crippen molar-refractivity contribution < 1.29 is 4.39 Å². The van der Waals surface area contributed by atoms with Crippen molar-refractivity contribution in [3.8, 4) is 0 Å². The fourth-order valence-electron chi connectivity index (χ4n) is 1.85. The van der Waals surface area contributed by atoms with Gasteiger partial charge in [-0.1, -0.05) is 51.8 Å². The van der Waals surface area contributed by atoms with E-state index in [-0.39, 0.29) is 10.6 Å². The minimum absolute atomic E-state index is 0.162. The molecule has 2 aromatic carbocycles. The smallest absolute Gasteiger partial charge is 0.126 e. The predicted molar refractivity (Wildman–Crippen MR) is 78.0 cm³/mol. The molecule has 0 bridgehead atoms. The van der Waals surface area contributed by atoms with Gasteiger partial charge in [0.2, 0.25) is 0 Å². The topological polar surface area (TPSA) is 0 Å². The van der Waals surface area contributed by atoms with Gasteiger partial charge < -0.3 is 0 Å². The minimum Gasteiger partial charge on any atom is -0.207 e. The Kier molecular flexibility index (Phi) is 4.41. The Hall–Kier alpha value is -0.860. The van der Waals surface area contributed by atoms with E-state index in [0.717, 1.165) is 22.6 Å². The summed E-state index contributed by atoms with van der Waals surface area (Å²) in [5.41, 5.74) is 2.91. The molecular weight excluding hydrogens is 315 g/mol. The highest BCUT2D eigenvalue weighted by Crippen LogP contribution is 2.28. The number of benzene rings is 2. The van der Waals surface area contributed by atoms with Crippen molar-refractivity contribution >= 4 is 27.5 Å². The lowest BCUT2D eigenvalue weighted by Gasteiger charge is -2.11. The van der Waals surface area contributed by atoms with Crippen molar-refractivity contribution in [3.63, 3.8) is 0 Å². The van der Waals surface area contributed by atoms with Gasteiger partial charge in [0.05, 0.1) is 0 Å². The lowest BCUT2D eigenvalue weighted by atomic mass is 10.0. The van der Waals surface area contributed by atoms with E-state index in [1.807, 2.05) is 36.4 Å². The fraction of sp³-hybridized carbons (Fsp3) is 0.200. The number of halogens is 3. The Morgan fingerprint density at radius 3 is 2.67 bits per heavy atom. The Morgan fingerprint density at radius 2 is 2.00 bits per heavy atom. The maximum atomic E-state index is 13.2. The number of alkyl halides is 1. The van der Waals surface area contributed by atoms with Crippen molar-refractivity contribution in [2.24, 2.45) is 0 Å². The highest BCUT2D eigenvalue weighted by molar-refractivity contribution is 9.09. The normalized spacial score (nSPS) is 12.4. The first kappa shape index (κ1) is 13.6. The molecule has 0 radical (unpaired) electrons. The molecule has 0 spiro atoms. The van der Waals surface area contributed by atoms with Crippen molar-refractivity contribution in [2.75, 3.05) is 0 Å². The average molecular weight is 328 g/mol. The van der Waals surface area contributed by atoms with Crippen LogP contribution in [0.2, 0.25) is 5.02 Å². The molecule has 94 valence electrons. The first-order valence-electron chi connectivity index (χ1n) is 5.71. The van der Waals surface area contributed by atoms with Gasteiger partial charge in [0.15, 0.2) is 0 Å². The second-order valence-corrected chi connectivity index (χ2v) is 5.85. The van der Waals surface area contributed by atoms with Gasteiger partial charge in [0, 0.05) is 9.85 Å². The molecule has 0 heterocycles. The van der Waals surface area contributed by atoms with Crippen LogP contribution in [0.5, 0.6) is 0 Å². The van der Waals surface area contributed by atoms with Crippen LogP contribution in [-0.4, -0.2) is 0 Å². The predicted octanol–water partition coefficient (Wildman–Crippen LogP) is 5.47. The van der Waals surface area contributed by atoms with Crippen molar-refractivity contribution in [1.29, 1.82) is 0 Å². The number of aryl methyl sites for hydroxylation is 1. The van der Waals surface area contributed by atoms with E-state index >= 15 is 0 Å². The summed E-state index contributed by atoms with van der Waals surface area (Å²) in [6, 6.07) is 13.0. The molecule has 2 rings (SSSR count). The lowest BCUT2D eigenvalue weighted by Crippen LogP contribution is -1.97. The highest BCUT2D eigenvalue weighted by Gasteiger charge is 2.10. The Balaban J connectivity index is 2.16. The second-order valence-electron chi connectivity index (χ2n) is 4.31. The maximum absolute atomic E-state index is 13.2. The molecule has 0 amide bonds. The zero-order valence-electron chi connectivity index (χ0n) is 9.96. The summed E-state index contributed by atoms with van der Waals surface area (Å²) < 4.78 is 13.2. The summed E-state index contributed by atoms with van der Waals surface area (Å²) in [7, 11) is 0. The molecule has 0 N–H and O–H groups in total. The Morgan fingerprint density at radius 1 is 1.22 bits per heavy atom. The summed E-state index contributed by atoms with van der Waals surface area (Å²) in [5.74, 6) is -0.166. The summed E-state index contributed by atoms with van der Waals surface area (Å²) in [6.45, 7) is 1.78. The molecule has 0 nitrogen and oxygen atoms in total. The second kappa shape index (κ2) is 5.85. The van der Waals surface area contributed by atoms with E-state index in [4.69, 9.17) is 11.6 Å². The van der Waals surface area contributed by atoms with Gasteiger partial charge in [0.1, 0.15) is 5.82 Å². The van der Waals surface area contributed by atoms with Gasteiger partial charge in [-0.3, -0.25) is 0 Å². The van der Waals surface area contributed by atoms with E-state index < -0.39 is 0 Å². The molecule has 0 aliphatic rings. The Bertz CT molecular complexity index is 554. The van der Waals surface area contributed by atoms with Gasteiger partial charge in [0.25, 0.3) is 0 Å². The van der Waals surface area contributed by atoms with Gasteiger partial charge in [-0.15, -0.1) is 0 Å². The average Bonchev–Trinajstić information content (AvgIpc) is 2.32. The van der Waals surface area contributed by atoms with Gasteiger partial charge >= 0.3 is 0 Å². The molecule has 0 aliphatic heterocycles. The number of hydrogen-bond acceptors (Lipinski definition) is 0. The zero-order chi connectivity index (χ0) is 13.1. The largest absolute Gasteiger partial charge is 0.207 e. The first-order chi connectivity index (χ1) is 8.56. The molecule has 2 aromatic rings. The molecule has 1 unspecified atom stereocenters. The molecule has 1 atom stereocenters. The molecule has 3 heteroatoms. The third-order valence-electron chi connectivity index (χ3n) is 2.85. The van der Waals surface area contributed by atoms with Crippen LogP contribution >= 0.6 is 27.5 Å². The van der Waals surface area contributed by atoms with Crippen LogP contribution in [-0.2, 0) is 6.42 Å². The van der Waals surface area contributed by atoms with Crippen LogP contribution in [0.1, 0.15) is 21.5 Å². The zero-order valence-corrected chi connectivity index (χ0v) is 12.3. The fourth-order valence-corrected chi connectivity index (χ4v) is 2.72. The maximum Gasteiger partial charge on any atom is 0.126 e. The molecule has 0 saturated carbocycles. The van der Waals surface area contributed by atoms with Crippen LogP contribution in [0.25, 0.3) is 0 Å². The van der Waals surface area contributed by atoms with E-state index in [1.165, 1.54) is 6.07 Å². The number of hydrogen-bond donors (Lipinski definition) is 0. The summed E-state index contributed by atoms with van der Waals surface area (Å²) in [4.78, 5) is 0.162. The van der Waals surface area contributed by atoms with Crippen molar-refractivity contribution in [3.05, 3.63) is 70.0 Å². The number of rotatable bonds is 3. The quantitative estimate of drug-likeness (QED) is 0.656. The van der Waals surface area contributed by atoms with Gasteiger partial charge in [-0.25, -0.2) is 4.39 Å². The molecule has 0 fully saturated rings. The van der Waals surface area contributed by atoms with Gasteiger partial charge in [-0.05, 0) is 48.2 Å². The third-order valence-corrected chi connectivity index (χ3v) is 3.94.